The van der Waals surface area contributed by atoms with Gasteiger partial charge in [-0.05, 0) is 43.9 Å². The molecule has 1 saturated heterocycles. The topological polar surface area (TPSA) is 66.5 Å². The molecule has 116 valence electrons. The Balaban J connectivity index is 1.52. The fourth-order valence-corrected chi connectivity index (χ4v) is 4.47. The number of hydrogen-bond donors (Lipinski definition) is 1. The molecule has 0 radical (unpaired) electrons. The van der Waals surface area contributed by atoms with Crippen molar-refractivity contribution in [2.75, 3.05) is 6.54 Å². The highest BCUT2D eigenvalue weighted by Crippen LogP contribution is 2.49. The molecule has 0 spiro atoms. The third-order valence-electron chi connectivity index (χ3n) is 5.59. The molecule has 5 heteroatoms. The van der Waals surface area contributed by atoms with Crippen LogP contribution in [0.2, 0.25) is 0 Å². The van der Waals surface area contributed by atoms with E-state index in [-0.39, 0.29) is 42.6 Å². The lowest BCUT2D eigenvalue weighted by Crippen LogP contribution is -2.46. The number of likely N-dealkylation sites (tertiary alicyclic amines) is 1. The lowest BCUT2D eigenvalue weighted by atomic mass is 9.84. The van der Waals surface area contributed by atoms with Crippen LogP contribution in [0.5, 0.6) is 0 Å². The molecular weight excluding hydrogens is 268 g/mol. The summed E-state index contributed by atoms with van der Waals surface area (Å²) in [6, 6.07) is 0.137. The van der Waals surface area contributed by atoms with Crippen molar-refractivity contribution in [2.24, 2.45) is 23.7 Å². The molecule has 5 atom stereocenters. The number of carbonyl (C=O) groups excluding carboxylic acids is 3. The van der Waals surface area contributed by atoms with Crippen molar-refractivity contribution >= 4 is 17.7 Å². The predicted octanol–water partition coefficient (Wildman–Crippen LogP) is 1.32. The Hall–Kier alpha value is -1.39. The van der Waals surface area contributed by atoms with E-state index in [9.17, 15) is 14.4 Å². The third-order valence-corrected chi connectivity index (χ3v) is 5.59. The van der Waals surface area contributed by atoms with Gasteiger partial charge in [0.05, 0.1) is 0 Å². The summed E-state index contributed by atoms with van der Waals surface area (Å²) in [6.45, 7) is 3.67. The number of amides is 3. The SMILES string of the molecule is C[C@@H]1CC(=O)N(CC(=O)N[C@H](C)[C@H]2C[C@H]3CC[C@H]2C3)C1=O. The first-order valence-electron chi connectivity index (χ1n) is 8.09. The van der Waals surface area contributed by atoms with Crippen LogP contribution in [0.15, 0.2) is 0 Å². The monoisotopic (exact) mass is 292 g/mol. The second-order valence-electron chi connectivity index (χ2n) is 7.12. The summed E-state index contributed by atoms with van der Waals surface area (Å²) in [5, 5.41) is 3.00. The summed E-state index contributed by atoms with van der Waals surface area (Å²) in [6.07, 6.45) is 5.39. The molecule has 1 N–H and O–H groups in total. The van der Waals surface area contributed by atoms with Gasteiger partial charge < -0.3 is 5.32 Å². The average molecular weight is 292 g/mol. The van der Waals surface area contributed by atoms with E-state index in [2.05, 4.69) is 12.2 Å². The van der Waals surface area contributed by atoms with E-state index in [0.29, 0.717) is 5.92 Å². The molecule has 2 saturated carbocycles. The Morgan fingerprint density at radius 2 is 2.10 bits per heavy atom. The first kappa shape index (κ1) is 14.5. The van der Waals surface area contributed by atoms with Crippen molar-refractivity contribution in [3.8, 4) is 0 Å². The van der Waals surface area contributed by atoms with Crippen LogP contribution in [0.1, 0.15) is 46.0 Å². The van der Waals surface area contributed by atoms with Crippen LogP contribution in [0.25, 0.3) is 0 Å². The van der Waals surface area contributed by atoms with Crippen LogP contribution in [-0.2, 0) is 14.4 Å². The Morgan fingerprint density at radius 3 is 2.62 bits per heavy atom. The van der Waals surface area contributed by atoms with E-state index in [1.165, 1.54) is 25.7 Å². The number of rotatable bonds is 4. The predicted molar refractivity (Wildman–Crippen MR) is 77.0 cm³/mol. The van der Waals surface area contributed by atoms with E-state index in [1.807, 2.05) is 0 Å². The molecule has 3 amide bonds. The van der Waals surface area contributed by atoms with Gasteiger partial charge in [0.2, 0.25) is 17.7 Å². The lowest BCUT2D eigenvalue weighted by Gasteiger charge is -2.29. The molecule has 2 aliphatic carbocycles. The minimum atomic E-state index is -0.284. The average Bonchev–Trinajstić information content (AvgIpc) is 3.10. The normalized spacial score (nSPS) is 36.4. The summed E-state index contributed by atoms with van der Waals surface area (Å²) in [4.78, 5) is 36.7. The van der Waals surface area contributed by atoms with Gasteiger partial charge >= 0.3 is 0 Å². The molecular formula is C16H24N2O3. The van der Waals surface area contributed by atoms with Crippen molar-refractivity contribution in [3.63, 3.8) is 0 Å². The molecule has 0 unspecified atom stereocenters. The van der Waals surface area contributed by atoms with Gasteiger partial charge in [0.15, 0.2) is 0 Å². The number of imide groups is 1. The van der Waals surface area contributed by atoms with Crippen molar-refractivity contribution < 1.29 is 14.4 Å². The quantitative estimate of drug-likeness (QED) is 0.795. The molecule has 2 bridgehead atoms. The van der Waals surface area contributed by atoms with Crippen LogP contribution in [0.3, 0.4) is 0 Å². The zero-order valence-corrected chi connectivity index (χ0v) is 12.8. The van der Waals surface area contributed by atoms with Gasteiger partial charge in [-0.25, -0.2) is 0 Å². The third kappa shape index (κ3) is 2.70. The van der Waals surface area contributed by atoms with Gasteiger partial charge in [-0.1, -0.05) is 13.3 Å². The van der Waals surface area contributed by atoms with Gasteiger partial charge in [0, 0.05) is 18.4 Å². The van der Waals surface area contributed by atoms with Crippen molar-refractivity contribution in [1.29, 1.82) is 0 Å². The molecule has 1 heterocycles. The number of fused-ring (bicyclic) bond motifs is 2. The van der Waals surface area contributed by atoms with Gasteiger partial charge in [-0.3, -0.25) is 19.3 Å². The highest BCUT2D eigenvalue weighted by atomic mass is 16.2. The molecule has 21 heavy (non-hydrogen) atoms. The van der Waals surface area contributed by atoms with Gasteiger partial charge in [-0.2, -0.15) is 0 Å². The molecule has 3 fully saturated rings. The highest BCUT2D eigenvalue weighted by Gasteiger charge is 2.42. The molecule has 0 aromatic heterocycles. The Bertz CT molecular complexity index is 476. The van der Waals surface area contributed by atoms with Crippen LogP contribution in [0, 0.1) is 23.7 Å². The second-order valence-corrected chi connectivity index (χ2v) is 7.12. The van der Waals surface area contributed by atoms with Gasteiger partial charge in [0.25, 0.3) is 0 Å². The maximum atomic E-state index is 12.1. The maximum Gasteiger partial charge on any atom is 0.240 e. The number of hydrogen-bond acceptors (Lipinski definition) is 3. The maximum absolute atomic E-state index is 12.1. The zero-order valence-electron chi connectivity index (χ0n) is 12.8. The first-order chi connectivity index (χ1) is 9.95. The van der Waals surface area contributed by atoms with E-state index < -0.39 is 0 Å². The van der Waals surface area contributed by atoms with Crippen molar-refractivity contribution in [3.05, 3.63) is 0 Å². The summed E-state index contributed by atoms with van der Waals surface area (Å²) < 4.78 is 0. The van der Waals surface area contributed by atoms with E-state index in [1.54, 1.807) is 6.92 Å². The van der Waals surface area contributed by atoms with Crippen LogP contribution in [-0.4, -0.2) is 35.2 Å². The minimum Gasteiger partial charge on any atom is -0.352 e. The van der Waals surface area contributed by atoms with Crippen LogP contribution < -0.4 is 5.32 Å². The van der Waals surface area contributed by atoms with Crippen LogP contribution in [0.4, 0.5) is 0 Å². The summed E-state index contributed by atoms with van der Waals surface area (Å²) in [5.41, 5.74) is 0. The number of nitrogens with one attached hydrogen (secondary N) is 1. The number of carbonyl (C=O) groups is 3. The van der Waals surface area contributed by atoms with Crippen molar-refractivity contribution in [1.82, 2.24) is 10.2 Å². The standard InChI is InChI=1S/C16H24N2O3/c1-9-5-15(20)18(16(9)21)8-14(19)17-10(2)13-7-11-3-4-12(13)6-11/h9-13H,3-8H2,1-2H3,(H,17,19)/t9-,10-,11+,12+,13-/m1/s1. The van der Waals surface area contributed by atoms with Gasteiger partial charge in [-0.15, -0.1) is 0 Å². The Morgan fingerprint density at radius 1 is 1.33 bits per heavy atom. The summed E-state index contributed by atoms with van der Waals surface area (Å²) in [7, 11) is 0. The molecule has 1 aliphatic heterocycles. The van der Waals surface area contributed by atoms with E-state index in [0.717, 1.165) is 16.7 Å². The Kier molecular flexibility index (Phi) is 3.76. The fraction of sp³-hybridized carbons (Fsp3) is 0.812. The first-order valence-corrected chi connectivity index (χ1v) is 8.09. The fourth-order valence-electron chi connectivity index (χ4n) is 4.47. The van der Waals surface area contributed by atoms with E-state index >= 15 is 0 Å². The minimum absolute atomic E-state index is 0.118. The largest absolute Gasteiger partial charge is 0.352 e. The van der Waals surface area contributed by atoms with E-state index in [4.69, 9.17) is 0 Å². The van der Waals surface area contributed by atoms with Crippen molar-refractivity contribution in [2.45, 2.75) is 52.0 Å². The highest BCUT2D eigenvalue weighted by molar-refractivity contribution is 6.05. The molecule has 3 rings (SSSR count). The second kappa shape index (κ2) is 5.43. The lowest BCUT2D eigenvalue weighted by molar-refractivity contribution is -0.143. The zero-order chi connectivity index (χ0) is 15.1. The smallest absolute Gasteiger partial charge is 0.240 e. The summed E-state index contributed by atoms with van der Waals surface area (Å²) in [5.74, 6) is 1.23. The molecule has 0 aromatic rings. The molecule has 3 aliphatic rings. The Labute approximate surface area is 125 Å². The van der Waals surface area contributed by atoms with Crippen LogP contribution >= 0.6 is 0 Å². The van der Waals surface area contributed by atoms with Gasteiger partial charge in [0.1, 0.15) is 6.54 Å². The molecule has 0 aromatic carbocycles. The summed E-state index contributed by atoms with van der Waals surface area (Å²) >= 11 is 0. The number of nitrogens with zero attached hydrogens (tertiary/aromatic N) is 1. The molecule has 5 nitrogen and oxygen atoms in total.